The standard InChI is InChI=1S/C14H22N4O2S/c1-11(2)10-18(8-4-7-15)13-6-5-12(16)9-14(13)21(19,20)17-3/h5-6,9,11,17H,4,8,10,16H2,1-3H3. The maximum Gasteiger partial charge on any atom is 0.242 e. The lowest BCUT2D eigenvalue weighted by Gasteiger charge is -2.28. The van der Waals surface area contributed by atoms with Crippen molar-refractivity contribution in [3.63, 3.8) is 0 Å². The lowest BCUT2D eigenvalue weighted by Crippen LogP contribution is -2.31. The molecule has 0 atom stereocenters. The zero-order valence-corrected chi connectivity index (χ0v) is 13.4. The van der Waals surface area contributed by atoms with Crippen molar-refractivity contribution in [2.45, 2.75) is 25.2 Å². The molecule has 1 rings (SSSR count). The van der Waals surface area contributed by atoms with Crippen LogP contribution in [0.15, 0.2) is 23.1 Å². The molecule has 0 fully saturated rings. The van der Waals surface area contributed by atoms with Crippen molar-refractivity contribution in [3.8, 4) is 6.07 Å². The van der Waals surface area contributed by atoms with Crippen LogP contribution in [0.2, 0.25) is 0 Å². The number of benzene rings is 1. The first-order valence-corrected chi connectivity index (χ1v) is 8.25. The molecular weight excluding hydrogens is 288 g/mol. The first-order chi connectivity index (χ1) is 9.81. The van der Waals surface area contributed by atoms with Gasteiger partial charge >= 0.3 is 0 Å². The van der Waals surface area contributed by atoms with E-state index in [-0.39, 0.29) is 4.90 Å². The van der Waals surface area contributed by atoms with Gasteiger partial charge in [0, 0.05) is 18.8 Å². The number of hydrogen-bond acceptors (Lipinski definition) is 5. The van der Waals surface area contributed by atoms with E-state index in [0.717, 1.165) is 0 Å². The monoisotopic (exact) mass is 310 g/mol. The van der Waals surface area contributed by atoms with Crippen LogP contribution in [0, 0.1) is 17.2 Å². The molecule has 0 aliphatic rings. The van der Waals surface area contributed by atoms with Crippen molar-refractivity contribution < 1.29 is 8.42 Å². The van der Waals surface area contributed by atoms with Crippen LogP contribution in [0.4, 0.5) is 11.4 Å². The van der Waals surface area contributed by atoms with E-state index in [9.17, 15) is 8.42 Å². The van der Waals surface area contributed by atoms with E-state index in [4.69, 9.17) is 11.0 Å². The van der Waals surface area contributed by atoms with Crippen LogP contribution in [0.5, 0.6) is 0 Å². The summed E-state index contributed by atoms with van der Waals surface area (Å²) in [7, 11) is -2.25. The first kappa shape index (κ1) is 17.3. The Hall–Kier alpha value is -1.78. The Morgan fingerprint density at radius 3 is 2.62 bits per heavy atom. The molecular formula is C14H22N4O2S. The van der Waals surface area contributed by atoms with Gasteiger partial charge in [-0.05, 0) is 31.2 Å². The number of anilines is 2. The van der Waals surface area contributed by atoms with E-state index >= 15 is 0 Å². The Morgan fingerprint density at radius 2 is 2.10 bits per heavy atom. The van der Waals surface area contributed by atoms with E-state index in [1.165, 1.54) is 13.1 Å². The van der Waals surface area contributed by atoms with Crippen LogP contribution < -0.4 is 15.4 Å². The van der Waals surface area contributed by atoms with Gasteiger partial charge in [0.2, 0.25) is 10.0 Å². The molecule has 0 heterocycles. The third-order valence-corrected chi connectivity index (χ3v) is 4.41. The summed E-state index contributed by atoms with van der Waals surface area (Å²) in [6, 6.07) is 6.90. The highest BCUT2D eigenvalue weighted by atomic mass is 32.2. The van der Waals surface area contributed by atoms with Crippen molar-refractivity contribution in [3.05, 3.63) is 18.2 Å². The number of nitriles is 1. The summed E-state index contributed by atoms with van der Waals surface area (Å²) in [5, 5.41) is 8.79. The van der Waals surface area contributed by atoms with E-state index in [1.807, 2.05) is 18.7 Å². The van der Waals surface area contributed by atoms with E-state index < -0.39 is 10.0 Å². The number of nitrogens with two attached hydrogens (primary N) is 1. The average molecular weight is 310 g/mol. The maximum atomic E-state index is 12.2. The van der Waals surface area contributed by atoms with Gasteiger partial charge in [-0.2, -0.15) is 5.26 Å². The number of nitrogen functional groups attached to an aromatic ring is 1. The van der Waals surface area contributed by atoms with Gasteiger partial charge in [0.1, 0.15) is 4.90 Å². The van der Waals surface area contributed by atoms with Crippen LogP contribution in [0.25, 0.3) is 0 Å². The molecule has 7 heteroatoms. The van der Waals surface area contributed by atoms with Crippen LogP contribution in [-0.2, 0) is 10.0 Å². The second kappa shape index (κ2) is 7.29. The van der Waals surface area contributed by atoms with Gasteiger partial charge in [-0.25, -0.2) is 13.1 Å². The van der Waals surface area contributed by atoms with Crippen LogP contribution >= 0.6 is 0 Å². The minimum absolute atomic E-state index is 0.142. The number of sulfonamides is 1. The fourth-order valence-electron chi connectivity index (χ4n) is 2.05. The van der Waals surface area contributed by atoms with Crippen molar-refractivity contribution in [2.24, 2.45) is 5.92 Å². The third-order valence-electron chi connectivity index (χ3n) is 2.96. The lowest BCUT2D eigenvalue weighted by molar-refractivity contribution is 0.584. The van der Waals surface area contributed by atoms with Crippen molar-refractivity contribution >= 4 is 21.4 Å². The molecule has 21 heavy (non-hydrogen) atoms. The maximum absolute atomic E-state index is 12.2. The van der Waals surface area contributed by atoms with Crippen molar-refractivity contribution in [1.82, 2.24) is 4.72 Å². The van der Waals surface area contributed by atoms with E-state index in [2.05, 4.69) is 10.8 Å². The molecule has 0 saturated heterocycles. The smallest absolute Gasteiger partial charge is 0.242 e. The summed E-state index contributed by atoms with van der Waals surface area (Å²) >= 11 is 0. The molecule has 0 amide bonds. The van der Waals surface area contributed by atoms with Gasteiger partial charge < -0.3 is 10.6 Å². The quantitative estimate of drug-likeness (QED) is 0.744. The second-order valence-corrected chi connectivity index (χ2v) is 7.04. The van der Waals surface area contributed by atoms with E-state index in [1.54, 1.807) is 12.1 Å². The SMILES string of the molecule is CNS(=O)(=O)c1cc(N)ccc1N(CCC#N)CC(C)C. The highest BCUT2D eigenvalue weighted by molar-refractivity contribution is 7.89. The predicted molar refractivity (Wildman–Crippen MR) is 84.4 cm³/mol. The summed E-state index contributed by atoms with van der Waals surface area (Å²) in [6.07, 6.45) is 0.330. The molecule has 1 aromatic rings. The number of nitrogens with zero attached hydrogens (tertiary/aromatic N) is 2. The number of nitrogens with one attached hydrogen (secondary N) is 1. The normalized spacial score (nSPS) is 11.4. The lowest BCUT2D eigenvalue weighted by atomic mass is 10.1. The third kappa shape index (κ3) is 4.62. The van der Waals surface area contributed by atoms with Crippen molar-refractivity contribution in [1.29, 1.82) is 5.26 Å². The highest BCUT2D eigenvalue weighted by Crippen LogP contribution is 2.28. The Morgan fingerprint density at radius 1 is 1.43 bits per heavy atom. The molecule has 6 nitrogen and oxygen atoms in total. The van der Waals surface area contributed by atoms with Crippen LogP contribution in [-0.4, -0.2) is 28.6 Å². The fraction of sp³-hybridized carbons (Fsp3) is 0.500. The second-order valence-electron chi connectivity index (χ2n) is 5.18. The largest absolute Gasteiger partial charge is 0.399 e. The molecule has 0 saturated carbocycles. The molecule has 3 N–H and O–H groups in total. The van der Waals surface area contributed by atoms with Gasteiger partial charge in [-0.1, -0.05) is 13.8 Å². The Bertz CT molecular complexity index is 620. The summed E-state index contributed by atoms with van der Waals surface area (Å²) in [5.41, 5.74) is 6.68. The Balaban J connectivity index is 3.33. The van der Waals surface area contributed by atoms with Gasteiger partial charge in [0.25, 0.3) is 0 Å². The molecule has 1 aromatic carbocycles. The number of rotatable bonds is 7. The van der Waals surface area contributed by atoms with Gasteiger partial charge in [-0.3, -0.25) is 0 Å². The predicted octanol–water partition coefficient (Wildman–Crippen LogP) is 1.55. The highest BCUT2D eigenvalue weighted by Gasteiger charge is 2.21. The van der Waals surface area contributed by atoms with E-state index in [0.29, 0.717) is 36.8 Å². The Labute approximate surface area is 126 Å². The molecule has 0 aromatic heterocycles. The molecule has 116 valence electrons. The zero-order valence-electron chi connectivity index (χ0n) is 12.6. The van der Waals surface area contributed by atoms with Crippen LogP contribution in [0.1, 0.15) is 20.3 Å². The van der Waals surface area contributed by atoms with Crippen molar-refractivity contribution in [2.75, 3.05) is 30.8 Å². The molecule has 0 unspecified atom stereocenters. The Kier molecular flexibility index (Phi) is 6.00. The molecule has 0 aliphatic carbocycles. The molecule has 0 bridgehead atoms. The minimum atomic E-state index is -3.61. The first-order valence-electron chi connectivity index (χ1n) is 6.76. The summed E-state index contributed by atoms with van der Waals surface area (Å²) in [4.78, 5) is 2.06. The zero-order chi connectivity index (χ0) is 16.0. The summed E-state index contributed by atoms with van der Waals surface area (Å²) in [6.45, 7) is 5.23. The fourth-order valence-corrected chi connectivity index (χ4v) is 3.04. The van der Waals surface area contributed by atoms with Gasteiger partial charge in [-0.15, -0.1) is 0 Å². The summed E-state index contributed by atoms with van der Waals surface area (Å²) < 4.78 is 26.7. The molecule has 0 radical (unpaired) electrons. The topological polar surface area (TPSA) is 99.2 Å². The van der Waals surface area contributed by atoms with Gasteiger partial charge in [0.05, 0.1) is 18.2 Å². The van der Waals surface area contributed by atoms with Gasteiger partial charge in [0.15, 0.2) is 0 Å². The van der Waals surface area contributed by atoms with Crippen LogP contribution in [0.3, 0.4) is 0 Å². The molecule has 0 aliphatic heterocycles. The number of hydrogen-bond donors (Lipinski definition) is 2. The molecule has 0 spiro atoms. The average Bonchev–Trinajstić information content (AvgIpc) is 2.43. The summed E-state index contributed by atoms with van der Waals surface area (Å²) in [5.74, 6) is 0.339. The minimum Gasteiger partial charge on any atom is -0.399 e.